The highest BCUT2D eigenvalue weighted by molar-refractivity contribution is 5.76. The number of benzene rings is 2. The van der Waals surface area contributed by atoms with Crippen molar-refractivity contribution in [1.29, 1.82) is 0 Å². The van der Waals surface area contributed by atoms with Gasteiger partial charge in [-0.05, 0) is 42.3 Å². The van der Waals surface area contributed by atoms with Crippen molar-refractivity contribution in [3.05, 3.63) is 59.7 Å². The summed E-state index contributed by atoms with van der Waals surface area (Å²) in [5, 5.41) is 3.04. The molecule has 2 aromatic carbocycles. The molecule has 29 heavy (non-hydrogen) atoms. The van der Waals surface area contributed by atoms with Crippen molar-refractivity contribution in [2.75, 3.05) is 44.7 Å². The van der Waals surface area contributed by atoms with Gasteiger partial charge in [0, 0.05) is 38.4 Å². The van der Waals surface area contributed by atoms with Crippen LogP contribution in [0, 0.1) is 0 Å². The van der Waals surface area contributed by atoms with Gasteiger partial charge in [-0.1, -0.05) is 44.2 Å². The van der Waals surface area contributed by atoms with Gasteiger partial charge in [-0.25, -0.2) is 0 Å². The summed E-state index contributed by atoms with van der Waals surface area (Å²) in [5.41, 5.74) is 3.67. The number of nitrogens with zero attached hydrogens (tertiary/aromatic N) is 2. The molecule has 1 amide bonds. The van der Waals surface area contributed by atoms with Crippen LogP contribution in [-0.2, 0) is 11.3 Å². The van der Waals surface area contributed by atoms with Crippen molar-refractivity contribution in [2.24, 2.45) is 0 Å². The molecule has 1 fully saturated rings. The van der Waals surface area contributed by atoms with Crippen LogP contribution in [0.3, 0.4) is 0 Å². The molecule has 3 rings (SSSR count). The van der Waals surface area contributed by atoms with Gasteiger partial charge in [0.2, 0.25) is 5.91 Å². The maximum absolute atomic E-state index is 12.3. The monoisotopic (exact) mass is 395 g/mol. The number of anilines is 1. The van der Waals surface area contributed by atoms with Gasteiger partial charge in [-0.15, -0.1) is 0 Å². The van der Waals surface area contributed by atoms with E-state index in [9.17, 15) is 4.79 Å². The molecule has 5 nitrogen and oxygen atoms in total. The molecular weight excluding hydrogens is 362 g/mol. The van der Waals surface area contributed by atoms with E-state index in [4.69, 9.17) is 4.74 Å². The summed E-state index contributed by atoms with van der Waals surface area (Å²) in [6.07, 6.45) is 0.350. The summed E-state index contributed by atoms with van der Waals surface area (Å²) in [6, 6.07) is 16.4. The van der Waals surface area contributed by atoms with Gasteiger partial charge in [0.15, 0.2) is 0 Å². The lowest BCUT2D eigenvalue weighted by atomic mass is 10.0. The lowest BCUT2D eigenvalue weighted by Gasteiger charge is -2.35. The largest absolute Gasteiger partial charge is 0.493 e. The molecule has 1 aliphatic heterocycles. The average molecular weight is 396 g/mol. The van der Waals surface area contributed by atoms with Crippen LogP contribution >= 0.6 is 0 Å². The first kappa shape index (κ1) is 21.2. The van der Waals surface area contributed by atoms with Crippen LogP contribution in [0.2, 0.25) is 0 Å². The zero-order chi connectivity index (χ0) is 20.6. The molecule has 0 aromatic heterocycles. The number of nitrogens with one attached hydrogen (secondary N) is 1. The quantitative estimate of drug-likeness (QED) is 0.741. The maximum Gasteiger partial charge on any atom is 0.223 e. The van der Waals surface area contributed by atoms with Crippen LogP contribution in [0.5, 0.6) is 5.75 Å². The van der Waals surface area contributed by atoms with Crippen molar-refractivity contribution in [2.45, 2.75) is 32.7 Å². The first-order chi connectivity index (χ1) is 14.0. The molecule has 0 atom stereocenters. The smallest absolute Gasteiger partial charge is 0.223 e. The number of amides is 1. The third-order valence-corrected chi connectivity index (χ3v) is 5.46. The summed E-state index contributed by atoms with van der Waals surface area (Å²) < 4.78 is 5.72. The lowest BCUT2D eigenvalue weighted by Crippen LogP contribution is -2.45. The topological polar surface area (TPSA) is 44.8 Å². The molecule has 2 aromatic rings. The van der Waals surface area contributed by atoms with Crippen molar-refractivity contribution in [3.63, 3.8) is 0 Å². The standard InChI is InChI=1S/C24H33N3O2/c1-19(2)20-8-10-22(11-9-20)29-17-12-24(28)25-18-21-6-4-5-7-23(21)27-15-13-26(3)14-16-27/h4-11,19H,12-18H2,1-3H3,(H,25,28). The van der Waals surface area contributed by atoms with Crippen LogP contribution < -0.4 is 15.0 Å². The third-order valence-electron chi connectivity index (χ3n) is 5.46. The van der Waals surface area contributed by atoms with E-state index in [-0.39, 0.29) is 5.91 Å². The predicted molar refractivity (Wildman–Crippen MR) is 119 cm³/mol. The fourth-order valence-corrected chi connectivity index (χ4v) is 3.51. The summed E-state index contributed by atoms with van der Waals surface area (Å²) in [4.78, 5) is 17.0. The molecule has 1 aliphatic rings. The Hall–Kier alpha value is -2.53. The summed E-state index contributed by atoms with van der Waals surface area (Å²) >= 11 is 0. The zero-order valence-corrected chi connectivity index (χ0v) is 17.9. The van der Waals surface area contributed by atoms with Crippen molar-refractivity contribution in [3.8, 4) is 5.75 Å². The van der Waals surface area contributed by atoms with Gasteiger partial charge in [-0.2, -0.15) is 0 Å². The Bertz CT molecular complexity index is 781. The molecule has 0 aliphatic carbocycles. The third kappa shape index (κ3) is 6.23. The molecule has 0 spiro atoms. The van der Waals surface area contributed by atoms with Gasteiger partial charge < -0.3 is 19.9 Å². The highest BCUT2D eigenvalue weighted by Crippen LogP contribution is 2.22. The molecular formula is C24H33N3O2. The maximum atomic E-state index is 12.3. The number of para-hydroxylation sites is 1. The Morgan fingerprint density at radius 2 is 1.72 bits per heavy atom. The van der Waals surface area contributed by atoms with E-state index in [0.717, 1.165) is 37.5 Å². The van der Waals surface area contributed by atoms with Crippen LogP contribution in [-0.4, -0.2) is 50.6 Å². The van der Waals surface area contributed by atoms with E-state index in [0.29, 0.717) is 25.5 Å². The fourth-order valence-electron chi connectivity index (χ4n) is 3.51. The SMILES string of the molecule is CC(C)c1ccc(OCCC(=O)NCc2ccccc2N2CCN(C)CC2)cc1. The van der Waals surface area contributed by atoms with Crippen LogP contribution in [0.4, 0.5) is 5.69 Å². The Morgan fingerprint density at radius 3 is 2.41 bits per heavy atom. The van der Waals surface area contributed by atoms with Crippen LogP contribution in [0.1, 0.15) is 37.3 Å². The minimum atomic E-state index is 0.0111. The van der Waals surface area contributed by atoms with E-state index in [1.165, 1.54) is 11.3 Å². The van der Waals surface area contributed by atoms with E-state index in [2.05, 4.69) is 66.3 Å². The van der Waals surface area contributed by atoms with Crippen LogP contribution in [0.25, 0.3) is 0 Å². The van der Waals surface area contributed by atoms with Gasteiger partial charge in [0.1, 0.15) is 5.75 Å². The van der Waals surface area contributed by atoms with E-state index < -0.39 is 0 Å². The zero-order valence-electron chi connectivity index (χ0n) is 17.9. The highest BCUT2D eigenvalue weighted by Gasteiger charge is 2.16. The molecule has 0 radical (unpaired) electrons. The lowest BCUT2D eigenvalue weighted by molar-refractivity contribution is -0.121. The molecule has 1 heterocycles. The Labute approximate surface area is 174 Å². The normalized spacial score (nSPS) is 14.8. The first-order valence-electron chi connectivity index (χ1n) is 10.5. The summed E-state index contributed by atoms with van der Waals surface area (Å²) in [5.74, 6) is 1.32. The number of rotatable bonds is 8. The molecule has 1 N–H and O–H groups in total. The second-order valence-electron chi connectivity index (χ2n) is 8.02. The number of carbonyl (C=O) groups is 1. The first-order valence-corrected chi connectivity index (χ1v) is 10.5. The van der Waals surface area contributed by atoms with E-state index in [1.807, 2.05) is 18.2 Å². The highest BCUT2D eigenvalue weighted by atomic mass is 16.5. The second-order valence-corrected chi connectivity index (χ2v) is 8.02. The van der Waals surface area contributed by atoms with Gasteiger partial charge in [0.05, 0.1) is 13.0 Å². The Morgan fingerprint density at radius 1 is 1.03 bits per heavy atom. The Kier molecular flexibility index (Phi) is 7.53. The minimum Gasteiger partial charge on any atom is -0.493 e. The number of hydrogen-bond acceptors (Lipinski definition) is 4. The molecule has 5 heteroatoms. The van der Waals surface area contributed by atoms with Crippen molar-refractivity contribution in [1.82, 2.24) is 10.2 Å². The molecule has 1 saturated heterocycles. The summed E-state index contributed by atoms with van der Waals surface area (Å²) in [7, 11) is 2.16. The number of ether oxygens (including phenoxy) is 1. The fraction of sp³-hybridized carbons (Fsp3) is 0.458. The van der Waals surface area contributed by atoms with E-state index >= 15 is 0 Å². The van der Waals surface area contributed by atoms with Gasteiger partial charge in [-0.3, -0.25) is 4.79 Å². The van der Waals surface area contributed by atoms with Crippen molar-refractivity contribution < 1.29 is 9.53 Å². The van der Waals surface area contributed by atoms with Gasteiger partial charge >= 0.3 is 0 Å². The molecule has 156 valence electrons. The number of likely N-dealkylation sites (N-methyl/N-ethyl adjacent to an activating group) is 1. The molecule has 0 bridgehead atoms. The van der Waals surface area contributed by atoms with E-state index in [1.54, 1.807) is 0 Å². The number of carbonyl (C=O) groups excluding carboxylic acids is 1. The van der Waals surface area contributed by atoms with Crippen LogP contribution in [0.15, 0.2) is 48.5 Å². The minimum absolute atomic E-state index is 0.0111. The second kappa shape index (κ2) is 10.3. The molecule has 0 saturated carbocycles. The van der Waals surface area contributed by atoms with Crippen molar-refractivity contribution >= 4 is 11.6 Å². The number of hydrogen-bond donors (Lipinski definition) is 1. The summed E-state index contributed by atoms with van der Waals surface area (Å²) in [6.45, 7) is 9.43. The van der Waals surface area contributed by atoms with Gasteiger partial charge in [0.25, 0.3) is 0 Å². The molecule has 0 unspecified atom stereocenters. The average Bonchev–Trinajstić information content (AvgIpc) is 2.73. The predicted octanol–water partition coefficient (Wildman–Crippen LogP) is 3.65. The Balaban J connectivity index is 1.45. The number of piperazine rings is 1.